The molecule has 2 rings (SSSR count). The van der Waals surface area contributed by atoms with Crippen LogP contribution in [0.3, 0.4) is 0 Å². The van der Waals surface area contributed by atoms with Crippen LogP contribution < -0.4 is 5.32 Å². The molecule has 1 N–H and O–H groups in total. The number of thioether (sulfide) groups is 1. The Morgan fingerprint density at radius 3 is 2.38 bits per heavy atom. The zero-order valence-corrected chi connectivity index (χ0v) is 10.5. The van der Waals surface area contributed by atoms with E-state index < -0.39 is 0 Å². The van der Waals surface area contributed by atoms with Gasteiger partial charge in [0.05, 0.1) is 6.04 Å². The van der Waals surface area contributed by atoms with Gasteiger partial charge in [0.25, 0.3) is 0 Å². The molecule has 1 amide bonds. The number of carbonyl (C=O) groups is 1. The summed E-state index contributed by atoms with van der Waals surface area (Å²) in [6.07, 6.45) is 2.07. The number of benzene rings is 1. The maximum Gasteiger partial charge on any atom is 0.240 e. The minimum absolute atomic E-state index is 0.0124. The number of hydrogen-bond acceptors (Lipinski definition) is 3. The van der Waals surface area contributed by atoms with Crippen LogP contribution >= 0.6 is 11.8 Å². The van der Waals surface area contributed by atoms with Gasteiger partial charge in [-0.1, -0.05) is 12.1 Å². The van der Waals surface area contributed by atoms with Crippen molar-refractivity contribution < 1.29 is 4.79 Å². The molecule has 86 valence electrons. The van der Waals surface area contributed by atoms with E-state index in [2.05, 4.69) is 35.8 Å². The summed E-state index contributed by atoms with van der Waals surface area (Å²) in [5, 5.41) is 3.28. The van der Waals surface area contributed by atoms with Crippen molar-refractivity contribution in [2.45, 2.75) is 24.0 Å². The molecule has 0 aliphatic carbocycles. The average Bonchev–Trinajstić information content (AvgIpc) is 2.57. The van der Waals surface area contributed by atoms with E-state index in [4.69, 9.17) is 0 Å². The first-order valence-corrected chi connectivity index (χ1v) is 6.52. The Balaban J connectivity index is 2.21. The molecule has 2 unspecified atom stereocenters. The Kier molecular flexibility index (Phi) is 3.21. The summed E-state index contributed by atoms with van der Waals surface area (Å²) in [6, 6.07) is 8.23. The van der Waals surface area contributed by atoms with Gasteiger partial charge in [0, 0.05) is 11.9 Å². The smallest absolute Gasteiger partial charge is 0.240 e. The van der Waals surface area contributed by atoms with Crippen LogP contribution in [0.15, 0.2) is 29.2 Å². The van der Waals surface area contributed by atoms with Gasteiger partial charge in [-0.15, -0.1) is 11.8 Å². The lowest BCUT2D eigenvalue weighted by Crippen LogP contribution is -2.25. The quantitative estimate of drug-likeness (QED) is 0.795. The van der Waals surface area contributed by atoms with Crippen molar-refractivity contribution in [2.24, 2.45) is 0 Å². The van der Waals surface area contributed by atoms with Crippen LogP contribution in [-0.2, 0) is 4.79 Å². The molecule has 1 fully saturated rings. The highest BCUT2D eigenvalue weighted by molar-refractivity contribution is 7.98. The third-order valence-corrected chi connectivity index (χ3v) is 3.69. The van der Waals surface area contributed by atoms with Crippen LogP contribution in [0.5, 0.6) is 0 Å². The number of amides is 1. The molecule has 0 radical (unpaired) electrons. The van der Waals surface area contributed by atoms with Crippen molar-refractivity contribution in [3.63, 3.8) is 0 Å². The number of carbonyl (C=O) groups excluding carboxylic acids is 1. The molecule has 0 aromatic heterocycles. The molecule has 1 saturated heterocycles. The zero-order chi connectivity index (χ0) is 11.7. The van der Waals surface area contributed by atoms with E-state index in [1.807, 2.05) is 14.0 Å². The summed E-state index contributed by atoms with van der Waals surface area (Å²) in [4.78, 5) is 14.7. The lowest BCUT2D eigenvalue weighted by atomic mass is 10.2. The maximum atomic E-state index is 11.7. The summed E-state index contributed by atoms with van der Waals surface area (Å²) in [6.45, 7) is 1.90. The highest BCUT2D eigenvalue weighted by Crippen LogP contribution is 2.25. The van der Waals surface area contributed by atoms with Crippen molar-refractivity contribution in [3.8, 4) is 0 Å². The van der Waals surface area contributed by atoms with Gasteiger partial charge >= 0.3 is 0 Å². The molecule has 1 aromatic rings. The number of nitrogens with zero attached hydrogens (tertiary/aromatic N) is 1. The third-order valence-electron chi connectivity index (χ3n) is 2.94. The van der Waals surface area contributed by atoms with Gasteiger partial charge in [-0.2, -0.15) is 0 Å². The van der Waals surface area contributed by atoms with Gasteiger partial charge in [0.1, 0.15) is 6.17 Å². The van der Waals surface area contributed by atoms with Crippen LogP contribution in [0.2, 0.25) is 0 Å². The summed E-state index contributed by atoms with van der Waals surface area (Å²) >= 11 is 1.72. The molecule has 1 aliphatic heterocycles. The summed E-state index contributed by atoms with van der Waals surface area (Å²) < 4.78 is 0. The summed E-state index contributed by atoms with van der Waals surface area (Å²) in [7, 11) is 1.84. The monoisotopic (exact) mass is 236 g/mol. The second kappa shape index (κ2) is 4.47. The molecule has 1 aliphatic rings. The molecule has 0 spiro atoms. The molecule has 2 atom stereocenters. The molecule has 3 nitrogen and oxygen atoms in total. The highest BCUT2D eigenvalue weighted by atomic mass is 32.2. The molecule has 1 heterocycles. The lowest BCUT2D eigenvalue weighted by molar-refractivity contribution is -0.128. The molecular weight excluding hydrogens is 220 g/mol. The molecule has 4 heteroatoms. The van der Waals surface area contributed by atoms with Gasteiger partial charge in [-0.3, -0.25) is 10.1 Å². The summed E-state index contributed by atoms with van der Waals surface area (Å²) in [5.74, 6) is 0.152. The summed E-state index contributed by atoms with van der Waals surface area (Å²) in [5.41, 5.74) is 1.14. The Labute approximate surface area is 100 Å². The zero-order valence-electron chi connectivity index (χ0n) is 9.73. The SMILES string of the molecule is CSc1ccc(C2NC(C)C(=O)N2C)cc1. The van der Waals surface area contributed by atoms with Gasteiger partial charge in [-0.05, 0) is 30.9 Å². The Bertz CT molecular complexity index is 391. The van der Waals surface area contributed by atoms with Gasteiger partial charge < -0.3 is 4.90 Å². The van der Waals surface area contributed by atoms with Crippen molar-refractivity contribution in [2.75, 3.05) is 13.3 Å². The third kappa shape index (κ3) is 1.95. The second-order valence-electron chi connectivity index (χ2n) is 4.01. The highest BCUT2D eigenvalue weighted by Gasteiger charge is 2.34. The molecular formula is C12H16N2OS. The lowest BCUT2D eigenvalue weighted by Gasteiger charge is -2.19. The second-order valence-corrected chi connectivity index (χ2v) is 4.89. The van der Waals surface area contributed by atoms with Crippen molar-refractivity contribution in [1.29, 1.82) is 0 Å². The number of nitrogens with one attached hydrogen (secondary N) is 1. The van der Waals surface area contributed by atoms with E-state index >= 15 is 0 Å². The van der Waals surface area contributed by atoms with E-state index in [9.17, 15) is 4.79 Å². The van der Waals surface area contributed by atoms with Gasteiger partial charge in [0.15, 0.2) is 0 Å². The Morgan fingerprint density at radius 2 is 1.94 bits per heavy atom. The van der Waals surface area contributed by atoms with E-state index in [0.29, 0.717) is 0 Å². The van der Waals surface area contributed by atoms with Crippen molar-refractivity contribution >= 4 is 17.7 Å². The molecule has 1 aromatic carbocycles. The normalized spacial score (nSPS) is 25.2. The van der Waals surface area contributed by atoms with Gasteiger partial charge in [-0.25, -0.2) is 0 Å². The van der Waals surface area contributed by atoms with Crippen molar-refractivity contribution in [3.05, 3.63) is 29.8 Å². The Morgan fingerprint density at radius 1 is 1.31 bits per heavy atom. The molecule has 16 heavy (non-hydrogen) atoms. The first kappa shape index (κ1) is 11.5. The predicted molar refractivity (Wildman–Crippen MR) is 66.3 cm³/mol. The maximum absolute atomic E-state index is 11.7. The predicted octanol–water partition coefficient (Wildman–Crippen LogP) is 1.86. The number of hydrogen-bond donors (Lipinski definition) is 1. The minimum atomic E-state index is -0.0878. The van der Waals surface area contributed by atoms with E-state index in [0.717, 1.165) is 5.56 Å². The van der Waals surface area contributed by atoms with E-state index in [-0.39, 0.29) is 18.1 Å². The van der Waals surface area contributed by atoms with Crippen LogP contribution in [0, 0.1) is 0 Å². The van der Waals surface area contributed by atoms with E-state index in [1.54, 1.807) is 16.7 Å². The van der Waals surface area contributed by atoms with Gasteiger partial charge in [0.2, 0.25) is 5.91 Å². The molecule has 0 bridgehead atoms. The fourth-order valence-electron chi connectivity index (χ4n) is 1.96. The van der Waals surface area contributed by atoms with Crippen molar-refractivity contribution in [1.82, 2.24) is 10.2 Å². The standard InChI is InChI=1S/C12H16N2OS/c1-8-12(15)14(2)11(13-8)9-4-6-10(16-3)7-5-9/h4-8,11,13H,1-3H3. The van der Waals surface area contributed by atoms with Crippen LogP contribution in [-0.4, -0.2) is 30.2 Å². The first-order chi connectivity index (χ1) is 7.63. The Hall–Kier alpha value is -1.00. The minimum Gasteiger partial charge on any atom is -0.325 e. The molecule has 0 saturated carbocycles. The topological polar surface area (TPSA) is 32.3 Å². The van der Waals surface area contributed by atoms with Crippen LogP contribution in [0.1, 0.15) is 18.7 Å². The van der Waals surface area contributed by atoms with E-state index in [1.165, 1.54) is 4.90 Å². The van der Waals surface area contributed by atoms with Crippen LogP contribution in [0.25, 0.3) is 0 Å². The number of rotatable bonds is 2. The van der Waals surface area contributed by atoms with Crippen LogP contribution in [0.4, 0.5) is 0 Å². The average molecular weight is 236 g/mol. The number of likely N-dealkylation sites (N-methyl/N-ethyl adjacent to an activating group) is 1. The first-order valence-electron chi connectivity index (χ1n) is 5.30. The fourth-order valence-corrected chi connectivity index (χ4v) is 2.37. The fraction of sp³-hybridized carbons (Fsp3) is 0.417. The largest absolute Gasteiger partial charge is 0.325 e.